The molecule has 0 atom stereocenters. The van der Waals surface area contributed by atoms with Crippen LogP contribution in [-0.2, 0) is 4.65 Å². The summed E-state index contributed by atoms with van der Waals surface area (Å²) < 4.78 is 5.70. The molecule has 1 radical (unpaired) electrons. The predicted octanol–water partition coefficient (Wildman–Crippen LogP) is 1.72. The second kappa shape index (κ2) is 5.16. The van der Waals surface area contributed by atoms with E-state index < -0.39 is 11.2 Å². The van der Waals surface area contributed by atoms with E-state index >= 15 is 0 Å². The topological polar surface area (TPSA) is 55.5 Å². The van der Waals surface area contributed by atoms with Gasteiger partial charge in [-0.3, -0.25) is 0 Å². The van der Waals surface area contributed by atoms with E-state index in [0.29, 0.717) is 5.69 Å². The van der Waals surface area contributed by atoms with Gasteiger partial charge < -0.3 is 15.5 Å². The maximum absolute atomic E-state index is 10.0. The number of nitrogens with two attached hydrogens (primary N) is 1. The van der Waals surface area contributed by atoms with Gasteiger partial charge in [-0.2, -0.15) is 0 Å². The molecule has 0 unspecified atom stereocenters. The lowest BCUT2D eigenvalue weighted by Gasteiger charge is -2.37. The van der Waals surface area contributed by atoms with Gasteiger partial charge in [-0.25, -0.2) is 0 Å². The van der Waals surface area contributed by atoms with Crippen LogP contribution in [0.5, 0.6) is 0 Å². The van der Waals surface area contributed by atoms with Gasteiger partial charge in [0, 0.05) is 5.69 Å². The molecule has 0 saturated heterocycles. The molecule has 4 heteroatoms. The highest BCUT2D eigenvalue weighted by molar-refractivity contribution is 6.48. The third-order valence-electron chi connectivity index (χ3n) is 3.33. The summed E-state index contributed by atoms with van der Waals surface area (Å²) in [6.07, 6.45) is 1.70. The first-order valence-corrected chi connectivity index (χ1v) is 5.93. The average molecular weight is 246 g/mol. The molecule has 0 aromatic heterocycles. The van der Waals surface area contributed by atoms with Gasteiger partial charge in [-0.05, 0) is 44.8 Å². The normalized spacial score (nSPS) is 12.3. The van der Waals surface area contributed by atoms with E-state index in [2.05, 4.69) is 6.58 Å². The van der Waals surface area contributed by atoms with Crippen LogP contribution in [0.1, 0.15) is 33.3 Å². The Morgan fingerprint density at radius 2 is 1.94 bits per heavy atom. The Balaban J connectivity index is 2.88. The van der Waals surface area contributed by atoms with E-state index in [9.17, 15) is 5.11 Å². The molecule has 0 saturated carbocycles. The lowest BCUT2D eigenvalue weighted by atomic mass is 9.80. The molecule has 0 aliphatic rings. The van der Waals surface area contributed by atoms with E-state index in [1.54, 1.807) is 27.4 Å². The monoisotopic (exact) mass is 246 g/mol. The van der Waals surface area contributed by atoms with Crippen molar-refractivity contribution < 1.29 is 9.76 Å². The average Bonchev–Trinajstić information content (AvgIpc) is 2.25. The molecule has 0 aliphatic carbocycles. The zero-order chi connectivity index (χ0) is 14.0. The summed E-state index contributed by atoms with van der Waals surface area (Å²) in [7, 11) is 1.62. The van der Waals surface area contributed by atoms with Crippen molar-refractivity contribution in [1.82, 2.24) is 0 Å². The molecule has 1 aromatic rings. The lowest BCUT2D eigenvalue weighted by molar-refractivity contribution is -0.0893. The summed E-state index contributed by atoms with van der Waals surface area (Å²) in [5.41, 5.74) is 6.56. The van der Waals surface area contributed by atoms with Crippen molar-refractivity contribution >= 4 is 24.7 Å². The first-order chi connectivity index (χ1) is 8.19. The summed E-state index contributed by atoms with van der Waals surface area (Å²) in [4.78, 5) is 0. The molecule has 1 rings (SSSR count). The molecule has 0 aliphatic heterocycles. The van der Waals surface area contributed by atoms with Crippen molar-refractivity contribution in [3.05, 3.63) is 30.3 Å². The Hall–Kier alpha value is -1.26. The minimum Gasteiger partial charge on any atom is -0.427 e. The molecule has 3 nitrogen and oxygen atoms in total. The van der Waals surface area contributed by atoms with Gasteiger partial charge in [0.05, 0.1) is 11.2 Å². The molecule has 18 heavy (non-hydrogen) atoms. The maximum Gasteiger partial charge on any atom is 0.331 e. The maximum atomic E-state index is 10.0. The molecular formula is C14H21BNO2. The second-order valence-corrected chi connectivity index (χ2v) is 5.36. The van der Waals surface area contributed by atoms with E-state index in [4.69, 9.17) is 10.4 Å². The van der Waals surface area contributed by atoms with Crippen LogP contribution in [0.3, 0.4) is 0 Å². The van der Waals surface area contributed by atoms with Crippen LogP contribution < -0.4 is 11.2 Å². The van der Waals surface area contributed by atoms with Crippen molar-refractivity contribution in [2.24, 2.45) is 0 Å². The minimum atomic E-state index is -0.946. The fraction of sp³-hybridized carbons (Fsp3) is 0.429. The molecule has 1 aromatic carbocycles. The minimum absolute atomic E-state index is 0.656. The highest BCUT2D eigenvalue weighted by Gasteiger charge is 2.35. The molecule has 3 N–H and O–H groups in total. The molecule has 0 amide bonds. The van der Waals surface area contributed by atoms with Crippen LogP contribution in [-0.4, -0.2) is 23.8 Å². The molecule has 0 spiro atoms. The smallest absolute Gasteiger partial charge is 0.331 e. The highest BCUT2D eigenvalue weighted by Crippen LogP contribution is 2.24. The van der Waals surface area contributed by atoms with Crippen LogP contribution in [0.4, 0.5) is 5.69 Å². The van der Waals surface area contributed by atoms with E-state index in [1.165, 1.54) is 0 Å². The van der Waals surface area contributed by atoms with Gasteiger partial charge in [0.25, 0.3) is 0 Å². The van der Waals surface area contributed by atoms with Gasteiger partial charge in [0.1, 0.15) is 0 Å². The Labute approximate surface area is 110 Å². The van der Waals surface area contributed by atoms with Crippen LogP contribution in [0.25, 0.3) is 6.08 Å². The zero-order valence-corrected chi connectivity index (χ0v) is 11.5. The number of benzene rings is 1. The van der Waals surface area contributed by atoms with Crippen molar-refractivity contribution in [2.45, 2.75) is 38.9 Å². The third-order valence-corrected chi connectivity index (χ3v) is 3.33. The van der Waals surface area contributed by atoms with E-state index in [0.717, 1.165) is 11.0 Å². The number of rotatable bonds is 5. The standard InChI is InChI=1S/C14H21BNO2/c1-6-10-11(8-7-9-12(10)16)15-18-14(4,5)13(2,3)17/h6-9,17H,1,16H2,2-5H3. The number of hydrogen-bond acceptors (Lipinski definition) is 3. The summed E-state index contributed by atoms with van der Waals surface area (Å²) in [6.45, 7) is 10.8. The lowest BCUT2D eigenvalue weighted by Crippen LogP contribution is -2.49. The fourth-order valence-corrected chi connectivity index (χ4v) is 1.30. The number of anilines is 1. The van der Waals surface area contributed by atoms with Gasteiger partial charge in [0.15, 0.2) is 0 Å². The van der Waals surface area contributed by atoms with Crippen LogP contribution in [0.15, 0.2) is 24.8 Å². The van der Waals surface area contributed by atoms with Gasteiger partial charge in [-0.15, -0.1) is 0 Å². The van der Waals surface area contributed by atoms with Gasteiger partial charge >= 0.3 is 7.48 Å². The SMILES string of the molecule is C=Cc1c(N)cccc1[B]OC(C)(C)C(C)(C)O. The van der Waals surface area contributed by atoms with Crippen molar-refractivity contribution in [2.75, 3.05) is 5.73 Å². The first kappa shape index (κ1) is 14.8. The number of aliphatic hydroxyl groups is 1. The summed E-state index contributed by atoms with van der Waals surface area (Å²) in [6, 6.07) is 5.57. The summed E-state index contributed by atoms with van der Waals surface area (Å²) in [5, 5.41) is 10.0. The first-order valence-electron chi connectivity index (χ1n) is 5.93. The Bertz CT molecular complexity index is 436. The zero-order valence-electron chi connectivity index (χ0n) is 11.5. The van der Waals surface area contributed by atoms with Crippen LogP contribution >= 0.6 is 0 Å². The molecule has 0 heterocycles. The largest absolute Gasteiger partial charge is 0.427 e. The van der Waals surface area contributed by atoms with Crippen LogP contribution in [0.2, 0.25) is 0 Å². The van der Waals surface area contributed by atoms with Crippen molar-refractivity contribution in [1.29, 1.82) is 0 Å². The Morgan fingerprint density at radius 1 is 1.33 bits per heavy atom. The molecule has 97 valence electrons. The highest BCUT2D eigenvalue weighted by atomic mass is 16.5. The predicted molar refractivity (Wildman–Crippen MR) is 77.8 cm³/mol. The number of nitrogen functional groups attached to an aromatic ring is 1. The Kier molecular flexibility index (Phi) is 4.25. The molecular weight excluding hydrogens is 225 g/mol. The molecule has 0 fully saturated rings. The van der Waals surface area contributed by atoms with Crippen molar-refractivity contribution in [3.63, 3.8) is 0 Å². The Morgan fingerprint density at radius 3 is 2.44 bits per heavy atom. The van der Waals surface area contributed by atoms with Crippen molar-refractivity contribution in [3.8, 4) is 0 Å². The van der Waals surface area contributed by atoms with Gasteiger partial charge in [-0.1, -0.05) is 24.8 Å². The summed E-state index contributed by atoms with van der Waals surface area (Å²) >= 11 is 0. The quantitative estimate of drug-likeness (QED) is 0.614. The number of hydrogen-bond donors (Lipinski definition) is 2. The van der Waals surface area contributed by atoms with Crippen LogP contribution in [0, 0.1) is 0 Å². The second-order valence-electron chi connectivity index (χ2n) is 5.36. The third kappa shape index (κ3) is 3.15. The van der Waals surface area contributed by atoms with E-state index in [-0.39, 0.29) is 0 Å². The fourth-order valence-electron chi connectivity index (χ4n) is 1.30. The molecule has 0 bridgehead atoms. The van der Waals surface area contributed by atoms with E-state index in [1.807, 2.05) is 32.0 Å². The summed E-state index contributed by atoms with van der Waals surface area (Å²) in [5.74, 6) is 0. The van der Waals surface area contributed by atoms with Gasteiger partial charge in [0.2, 0.25) is 0 Å².